The molecule has 1 aromatic carbocycles. The van der Waals surface area contributed by atoms with Crippen LogP contribution < -0.4 is 5.73 Å². The smallest absolute Gasteiger partial charge is 0.0865 e. The topological polar surface area (TPSA) is 48.8 Å². The summed E-state index contributed by atoms with van der Waals surface area (Å²) in [5.74, 6) is 0. The first-order chi connectivity index (χ1) is 10.2. The molecule has 0 saturated carbocycles. The average molecular weight is 303 g/mol. The zero-order chi connectivity index (χ0) is 15.0. The van der Waals surface area contributed by atoms with Crippen LogP contribution >= 0.6 is 11.6 Å². The number of nitrogens with zero attached hydrogens (tertiary/aromatic N) is 3. The Morgan fingerprint density at radius 2 is 2.05 bits per heavy atom. The molecule has 21 heavy (non-hydrogen) atoms. The van der Waals surface area contributed by atoms with E-state index in [4.69, 9.17) is 17.3 Å². The fourth-order valence-corrected chi connectivity index (χ4v) is 2.99. The maximum absolute atomic E-state index is 6.43. The number of halogens is 1. The third kappa shape index (κ3) is 2.34. The third-order valence-corrected chi connectivity index (χ3v) is 4.36. The van der Waals surface area contributed by atoms with E-state index >= 15 is 0 Å². The van der Waals surface area contributed by atoms with Crippen LogP contribution in [-0.4, -0.2) is 14.3 Å². The standard InChI is InChI=1S/C16H19ClN4/c1-3-21-15(16(17)11(2)19-21)10-20-13(9-18)8-12-6-4-5-7-14(12)20/h4-8H,3,9-10,18H2,1-2H3. The first-order valence-electron chi connectivity index (χ1n) is 7.14. The highest BCUT2D eigenvalue weighted by atomic mass is 35.5. The summed E-state index contributed by atoms with van der Waals surface area (Å²) in [6, 6.07) is 10.4. The van der Waals surface area contributed by atoms with E-state index in [0.29, 0.717) is 13.1 Å². The number of para-hydroxylation sites is 1. The molecule has 2 heterocycles. The SMILES string of the molecule is CCn1nc(C)c(Cl)c1Cn1c(CN)cc2ccccc21. The van der Waals surface area contributed by atoms with E-state index < -0.39 is 0 Å². The minimum absolute atomic E-state index is 0.505. The summed E-state index contributed by atoms with van der Waals surface area (Å²) in [6.45, 7) is 6.01. The second-order valence-electron chi connectivity index (χ2n) is 5.15. The molecule has 0 radical (unpaired) electrons. The fourth-order valence-electron chi connectivity index (χ4n) is 2.79. The molecule has 0 unspecified atom stereocenters. The van der Waals surface area contributed by atoms with E-state index in [-0.39, 0.29) is 0 Å². The predicted molar refractivity (Wildman–Crippen MR) is 86.6 cm³/mol. The van der Waals surface area contributed by atoms with Crippen LogP contribution in [0.1, 0.15) is 24.0 Å². The maximum atomic E-state index is 6.43. The number of hydrogen-bond acceptors (Lipinski definition) is 2. The van der Waals surface area contributed by atoms with E-state index in [1.165, 1.54) is 10.9 Å². The Bertz CT molecular complexity index is 785. The summed E-state index contributed by atoms with van der Waals surface area (Å²) in [7, 11) is 0. The minimum Gasteiger partial charge on any atom is -0.337 e. The molecular formula is C16H19ClN4. The Labute approximate surface area is 129 Å². The molecule has 0 atom stereocenters. The highest BCUT2D eigenvalue weighted by Crippen LogP contribution is 2.25. The molecule has 0 amide bonds. The molecule has 0 bridgehead atoms. The quantitative estimate of drug-likeness (QED) is 0.803. The first kappa shape index (κ1) is 14.2. The number of rotatable bonds is 4. The number of nitrogens with two attached hydrogens (primary N) is 1. The van der Waals surface area contributed by atoms with Gasteiger partial charge in [-0.1, -0.05) is 29.8 Å². The van der Waals surface area contributed by atoms with Crippen molar-refractivity contribution >= 4 is 22.5 Å². The average Bonchev–Trinajstić information content (AvgIpc) is 2.99. The van der Waals surface area contributed by atoms with Crippen LogP contribution in [0.5, 0.6) is 0 Å². The third-order valence-electron chi connectivity index (χ3n) is 3.87. The van der Waals surface area contributed by atoms with Gasteiger partial charge in [-0.2, -0.15) is 5.10 Å². The van der Waals surface area contributed by atoms with E-state index in [1.54, 1.807) is 0 Å². The summed E-state index contributed by atoms with van der Waals surface area (Å²) < 4.78 is 4.19. The number of fused-ring (bicyclic) bond motifs is 1. The lowest BCUT2D eigenvalue weighted by Crippen LogP contribution is -2.12. The molecule has 3 aromatic rings. The lowest BCUT2D eigenvalue weighted by molar-refractivity contribution is 0.596. The van der Waals surface area contributed by atoms with Crippen LogP contribution in [0.2, 0.25) is 5.02 Å². The number of benzene rings is 1. The fraction of sp³-hybridized carbons (Fsp3) is 0.312. The maximum Gasteiger partial charge on any atom is 0.0865 e. The van der Waals surface area contributed by atoms with Crippen LogP contribution in [0.15, 0.2) is 30.3 Å². The van der Waals surface area contributed by atoms with Crippen LogP contribution in [0, 0.1) is 6.92 Å². The van der Waals surface area contributed by atoms with Crippen molar-refractivity contribution < 1.29 is 0 Å². The Morgan fingerprint density at radius 3 is 2.76 bits per heavy atom. The zero-order valence-corrected chi connectivity index (χ0v) is 13.1. The van der Waals surface area contributed by atoms with Crippen LogP contribution in [0.3, 0.4) is 0 Å². The zero-order valence-electron chi connectivity index (χ0n) is 12.3. The lowest BCUT2D eigenvalue weighted by atomic mass is 10.2. The van der Waals surface area contributed by atoms with Crippen LogP contribution in [0.4, 0.5) is 0 Å². The molecule has 2 N–H and O–H groups in total. The van der Waals surface area contributed by atoms with Crippen molar-refractivity contribution in [2.24, 2.45) is 5.73 Å². The van der Waals surface area contributed by atoms with Gasteiger partial charge in [0.05, 0.1) is 23.0 Å². The summed E-state index contributed by atoms with van der Waals surface area (Å²) in [5, 5.41) is 6.43. The number of aromatic nitrogens is 3. The Morgan fingerprint density at radius 1 is 1.29 bits per heavy atom. The van der Waals surface area contributed by atoms with Crippen LogP contribution in [-0.2, 0) is 19.6 Å². The Balaban J connectivity index is 2.14. The highest BCUT2D eigenvalue weighted by molar-refractivity contribution is 6.31. The summed E-state index contributed by atoms with van der Waals surface area (Å²) in [5.41, 5.74) is 10.1. The number of hydrogen-bond donors (Lipinski definition) is 1. The van der Waals surface area contributed by atoms with E-state index in [9.17, 15) is 0 Å². The molecule has 2 aromatic heterocycles. The molecule has 0 aliphatic heterocycles. The molecule has 5 heteroatoms. The highest BCUT2D eigenvalue weighted by Gasteiger charge is 2.15. The molecule has 0 spiro atoms. The van der Waals surface area contributed by atoms with Gasteiger partial charge in [-0.25, -0.2) is 0 Å². The second-order valence-corrected chi connectivity index (χ2v) is 5.52. The van der Waals surface area contributed by atoms with Gasteiger partial charge in [0.15, 0.2) is 0 Å². The first-order valence-corrected chi connectivity index (χ1v) is 7.52. The van der Waals surface area contributed by atoms with E-state index in [0.717, 1.165) is 28.6 Å². The van der Waals surface area contributed by atoms with Crippen LogP contribution in [0.25, 0.3) is 10.9 Å². The van der Waals surface area contributed by atoms with Crippen molar-refractivity contribution in [3.05, 3.63) is 52.4 Å². The van der Waals surface area contributed by atoms with Gasteiger partial charge in [0.2, 0.25) is 0 Å². The second kappa shape index (κ2) is 5.54. The van der Waals surface area contributed by atoms with Gasteiger partial charge >= 0.3 is 0 Å². The van der Waals surface area contributed by atoms with Crippen molar-refractivity contribution in [1.29, 1.82) is 0 Å². The summed E-state index contributed by atoms with van der Waals surface area (Å²) in [6.07, 6.45) is 0. The lowest BCUT2D eigenvalue weighted by Gasteiger charge is -2.11. The Hall–Kier alpha value is -1.78. The molecule has 0 aliphatic rings. The van der Waals surface area contributed by atoms with E-state index in [2.05, 4.69) is 34.8 Å². The molecule has 0 saturated heterocycles. The summed E-state index contributed by atoms with van der Waals surface area (Å²) >= 11 is 6.43. The van der Waals surface area contributed by atoms with Crippen molar-refractivity contribution in [3.63, 3.8) is 0 Å². The van der Waals surface area contributed by atoms with Crippen molar-refractivity contribution in [1.82, 2.24) is 14.3 Å². The van der Waals surface area contributed by atoms with Gasteiger partial charge in [-0.3, -0.25) is 4.68 Å². The van der Waals surface area contributed by atoms with Gasteiger partial charge in [-0.15, -0.1) is 0 Å². The molecule has 0 fully saturated rings. The molecular weight excluding hydrogens is 284 g/mol. The van der Waals surface area contributed by atoms with Crippen molar-refractivity contribution in [2.75, 3.05) is 0 Å². The largest absolute Gasteiger partial charge is 0.337 e. The van der Waals surface area contributed by atoms with Gasteiger partial charge < -0.3 is 10.3 Å². The molecule has 4 nitrogen and oxygen atoms in total. The summed E-state index contributed by atoms with van der Waals surface area (Å²) in [4.78, 5) is 0. The Kier molecular flexibility index (Phi) is 3.74. The molecule has 3 rings (SSSR count). The normalized spacial score (nSPS) is 11.4. The van der Waals surface area contributed by atoms with Gasteiger partial charge in [0.1, 0.15) is 0 Å². The van der Waals surface area contributed by atoms with Gasteiger partial charge in [0.25, 0.3) is 0 Å². The minimum atomic E-state index is 0.505. The van der Waals surface area contributed by atoms with Gasteiger partial charge in [-0.05, 0) is 31.4 Å². The predicted octanol–water partition coefficient (Wildman–Crippen LogP) is 3.33. The monoisotopic (exact) mass is 302 g/mol. The van der Waals surface area contributed by atoms with Gasteiger partial charge in [0, 0.05) is 24.3 Å². The molecule has 0 aliphatic carbocycles. The van der Waals surface area contributed by atoms with Crippen molar-refractivity contribution in [2.45, 2.75) is 33.5 Å². The molecule has 110 valence electrons. The number of aryl methyl sites for hydroxylation is 2. The van der Waals surface area contributed by atoms with Crippen molar-refractivity contribution in [3.8, 4) is 0 Å². The van der Waals surface area contributed by atoms with E-state index in [1.807, 2.05) is 23.7 Å².